The standard InChI is InChI=1S/C76H127N5O55/c1-17-38(95)49(106)54(111)71(118-17)116-15-31-61(45(102)33(66(115)119-31)77-18(2)90)129-68-35(79-20(4)92)46(103)60(30(14-89)125-68)132-74-57(114)63(134-76-65(53(110)43(100)27(11-86)124-76)136-70-37(81-22(6)94)48(105)59(29(13-88)127-70)131-73-56(113)51(108)41(98)25(9-84)122-73)62(133-67-34(78-19(3)91)44(101)39(96)23(7-82)120-67)32(128-74)16-117-75-64(52(109)42(99)26(10-85)123-75)135-69-36(80-21(5)93)47(104)58(28(12-87)126-69)130-72-55(112)50(107)40(97)24(8-83)121-72/h17,23-76,82-89,95-115H,7-16H2,1-6H3,(H,77,90)(H,78,91)(H,79,92)(H,80,93)(H,81,94)/t17-,23+,24+,25+,26+,27+,28+,29+,30+,31+,32+,33+,34+,35+,36+,37+,38+,39+,40-,41-,42+,43+,44+,45+,46+,47+,48+,49+,50-,51-,52-,53-,54-,55+,56+,57-,58+,59+,60+,61+,62+,63+,64-,65-,66?,67-,68-,69-,70-,71+,72-,73-,74-,75-,76+/m0/s1. The fraction of sp³-hybridized carbons (Fsp3) is 0.934. The molecule has 0 saturated carbocycles. The van der Waals surface area contributed by atoms with Crippen LogP contribution in [0.15, 0.2) is 0 Å². The number of hydrogen-bond donors (Lipinski definition) is 34. The molecule has 11 saturated heterocycles. The predicted molar refractivity (Wildman–Crippen MR) is 419 cm³/mol. The second-order valence-corrected chi connectivity index (χ2v) is 34.5. The average molecular weight is 1990 g/mol. The molecular weight excluding hydrogens is 1860 g/mol. The molecule has 0 aromatic carbocycles. The molecule has 0 spiro atoms. The highest BCUT2D eigenvalue weighted by Crippen LogP contribution is 2.42. The number of hydrogen-bond acceptors (Lipinski definition) is 55. The Kier molecular flexibility index (Phi) is 40.1. The lowest BCUT2D eigenvalue weighted by molar-refractivity contribution is -0.409. The fourth-order valence-electron chi connectivity index (χ4n) is 17.7. The van der Waals surface area contributed by atoms with Gasteiger partial charge in [-0.3, -0.25) is 24.0 Å². The van der Waals surface area contributed by atoms with Crippen molar-refractivity contribution in [2.75, 3.05) is 66.1 Å². The van der Waals surface area contributed by atoms with E-state index in [4.69, 9.17) is 99.5 Å². The van der Waals surface area contributed by atoms with Gasteiger partial charge in [-0.05, 0) is 6.92 Å². The largest absolute Gasteiger partial charge is 0.394 e. The molecule has 11 rings (SSSR count). The monoisotopic (exact) mass is 1990 g/mol. The van der Waals surface area contributed by atoms with Crippen molar-refractivity contribution in [1.82, 2.24) is 26.6 Å². The Morgan fingerprint density at radius 3 is 0.831 bits per heavy atom. The molecule has 0 radical (unpaired) electrons. The van der Waals surface area contributed by atoms with Gasteiger partial charge in [-0.25, -0.2) is 0 Å². The van der Waals surface area contributed by atoms with Gasteiger partial charge in [-0.1, -0.05) is 0 Å². The third-order valence-electron chi connectivity index (χ3n) is 24.9. The third-order valence-corrected chi connectivity index (χ3v) is 24.9. The molecule has 55 atom stereocenters. The van der Waals surface area contributed by atoms with E-state index in [1.54, 1.807) is 0 Å². The Hall–Kier alpha value is -4.65. The lowest BCUT2D eigenvalue weighted by atomic mass is 9.93. The summed E-state index contributed by atoms with van der Waals surface area (Å²) in [4.78, 5) is 65.8. The summed E-state index contributed by atoms with van der Waals surface area (Å²) in [6.07, 6.45) is -108. The van der Waals surface area contributed by atoms with Gasteiger partial charge in [-0.15, -0.1) is 0 Å². The van der Waals surface area contributed by atoms with Crippen molar-refractivity contribution in [2.24, 2.45) is 0 Å². The summed E-state index contributed by atoms with van der Waals surface area (Å²) < 4.78 is 128. The molecule has 11 heterocycles. The molecule has 11 fully saturated rings. The van der Waals surface area contributed by atoms with Gasteiger partial charge < -0.3 is 274 Å². The SMILES string of the molecule is CC(=O)N[C@H]1[C@H](O[C@H]2[C@H](O)[C@@H](NC(C)=O)C(O)O[C@@H]2CO[C@@H]2O[C@@H](C)[C@@H](O)[C@@H](O)[C@@H]2O)O[C@H](CO)[C@@H](O[C@@H]2O[C@H](CO[C@H]3O[C@H](CO)[C@@H](O)[C@H](O)[C@@H]3O[C@@H]3O[C@H](CO)[C@@H](O[C@@H]4O[C@H](CO)[C@H](O)[C@H](O)[C@H]4O)[C@H](O)[C@H]3NC(C)=O)[C@@H](O[C@@H]3O[C@H](CO)[C@@H](O)[C@H](O)[C@H]3NC(C)=O)[C@H](O[C@H]3O[C@H](CO)[C@@H](O)[C@H](O)[C@@H]3O[C@@H]3O[C@H](CO)[C@@H](O[C@@H]4O[C@H](CO)[C@H](O)[C@H](O)[C@H]4O)[C@H](O)[C@H]3NC(C)=O)[C@@H]2O)[C@@H]1O. The van der Waals surface area contributed by atoms with Crippen molar-refractivity contribution >= 4 is 29.5 Å². The highest BCUT2D eigenvalue weighted by Gasteiger charge is 2.63. The Balaban J connectivity index is 1.01. The molecule has 0 aliphatic carbocycles. The van der Waals surface area contributed by atoms with Crippen LogP contribution in [0.1, 0.15) is 41.5 Å². The quantitative estimate of drug-likeness (QED) is 0.0280. The van der Waals surface area contributed by atoms with Crippen LogP contribution in [0.5, 0.6) is 0 Å². The number of ether oxygens (including phenoxy) is 21. The molecule has 60 nitrogen and oxygen atoms in total. The fourth-order valence-corrected chi connectivity index (χ4v) is 17.7. The van der Waals surface area contributed by atoms with Crippen molar-refractivity contribution in [2.45, 2.75) is 379 Å². The molecule has 136 heavy (non-hydrogen) atoms. The second-order valence-electron chi connectivity index (χ2n) is 34.5. The molecule has 1 unspecified atom stereocenters. The molecule has 5 amide bonds. The van der Waals surface area contributed by atoms with Crippen LogP contribution in [0.3, 0.4) is 0 Å². The normalized spacial score (nSPS) is 49.2. The zero-order chi connectivity index (χ0) is 100. The number of amides is 5. The summed E-state index contributed by atoms with van der Waals surface area (Å²) in [6.45, 7) is -5.99. The first kappa shape index (κ1) is 112. The van der Waals surface area contributed by atoms with Crippen LogP contribution >= 0.6 is 0 Å². The van der Waals surface area contributed by atoms with E-state index in [9.17, 15) is 172 Å². The van der Waals surface area contributed by atoms with Gasteiger partial charge in [0.15, 0.2) is 69.2 Å². The van der Waals surface area contributed by atoms with E-state index in [0.717, 1.165) is 34.6 Å². The number of carbonyl (C=O) groups is 5. The molecule has 0 bridgehead atoms. The number of aliphatic hydroxyl groups excluding tert-OH is 29. The van der Waals surface area contributed by atoms with Gasteiger partial charge in [0.2, 0.25) is 29.5 Å². The zero-order valence-corrected chi connectivity index (χ0v) is 73.4. The smallest absolute Gasteiger partial charge is 0.217 e. The summed E-state index contributed by atoms with van der Waals surface area (Å²) in [5.74, 6) is -4.99. The van der Waals surface area contributed by atoms with Crippen LogP contribution in [0, 0.1) is 0 Å². The Labute approximate surface area is 770 Å². The van der Waals surface area contributed by atoms with Crippen LogP contribution < -0.4 is 26.6 Å². The molecule has 786 valence electrons. The highest BCUT2D eigenvalue weighted by atomic mass is 16.8. The van der Waals surface area contributed by atoms with Crippen LogP contribution in [-0.4, -0.2) is 581 Å². The second kappa shape index (κ2) is 48.8. The molecular formula is C76H127N5O55. The lowest BCUT2D eigenvalue weighted by Crippen LogP contribution is -2.72. The van der Waals surface area contributed by atoms with Gasteiger partial charge in [0, 0.05) is 34.6 Å². The summed E-state index contributed by atoms with van der Waals surface area (Å²) in [5.41, 5.74) is 0. The minimum atomic E-state index is -2.83. The zero-order valence-electron chi connectivity index (χ0n) is 73.4. The van der Waals surface area contributed by atoms with Gasteiger partial charge in [-0.2, -0.15) is 0 Å². The number of aliphatic hydroxyl groups is 29. The van der Waals surface area contributed by atoms with Crippen LogP contribution in [0.2, 0.25) is 0 Å². The lowest BCUT2D eigenvalue weighted by Gasteiger charge is -2.52. The third kappa shape index (κ3) is 24.8. The van der Waals surface area contributed by atoms with E-state index in [1.807, 2.05) is 0 Å². The average Bonchev–Trinajstić information content (AvgIpc) is 0.739. The summed E-state index contributed by atoms with van der Waals surface area (Å²) in [7, 11) is 0. The minimum Gasteiger partial charge on any atom is -0.394 e. The number of nitrogens with one attached hydrogen (secondary N) is 5. The van der Waals surface area contributed by atoms with E-state index >= 15 is 0 Å². The maximum Gasteiger partial charge on any atom is 0.217 e. The predicted octanol–water partition coefficient (Wildman–Crippen LogP) is -23.2. The van der Waals surface area contributed by atoms with Crippen molar-refractivity contribution < 1.29 is 272 Å². The van der Waals surface area contributed by atoms with Crippen molar-refractivity contribution in [3.05, 3.63) is 0 Å². The van der Waals surface area contributed by atoms with E-state index in [2.05, 4.69) is 26.6 Å². The molecule has 11 aliphatic rings. The Morgan fingerprint density at radius 1 is 0.206 bits per heavy atom. The first-order chi connectivity index (χ1) is 64.3. The molecule has 11 aliphatic heterocycles. The van der Waals surface area contributed by atoms with Crippen LogP contribution in [0.25, 0.3) is 0 Å². The van der Waals surface area contributed by atoms with E-state index < -0.39 is 433 Å². The van der Waals surface area contributed by atoms with Crippen molar-refractivity contribution in [1.29, 1.82) is 0 Å². The molecule has 60 heteroatoms. The molecule has 0 aromatic heterocycles. The van der Waals surface area contributed by atoms with Crippen molar-refractivity contribution in [3.63, 3.8) is 0 Å². The minimum absolute atomic E-state index is 0.882. The highest BCUT2D eigenvalue weighted by molar-refractivity contribution is 5.75. The summed E-state index contributed by atoms with van der Waals surface area (Å²) >= 11 is 0. The maximum atomic E-state index is 13.5. The van der Waals surface area contributed by atoms with Crippen LogP contribution in [-0.2, 0) is 123 Å². The Morgan fingerprint density at radius 2 is 0.449 bits per heavy atom. The van der Waals surface area contributed by atoms with E-state index in [-0.39, 0.29) is 0 Å². The first-order valence-corrected chi connectivity index (χ1v) is 43.5. The van der Waals surface area contributed by atoms with E-state index in [1.165, 1.54) is 6.92 Å². The first-order valence-electron chi connectivity index (χ1n) is 43.5. The topological polar surface area (TPSA) is 926 Å². The van der Waals surface area contributed by atoms with E-state index in [0.29, 0.717) is 0 Å². The van der Waals surface area contributed by atoms with Gasteiger partial charge in [0.25, 0.3) is 0 Å². The maximum absolute atomic E-state index is 13.5. The van der Waals surface area contributed by atoms with Crippen LogP contribution in [0.4, 0.5) is 0 Å². The van der Waals surface area contributed by atoms with Gasteiger partial charge in [0.1, 0.15) is 262 Å². The molecule has 34 N–H and O–H groups in total. The summed E-state index contributed by atoms with van der Waals surface area (Å²) in [6, 6.07) is -10.1. The van der Waals surface area contributed by atoms with Crippen molar-refractivity contribution in [3.8, 4) is 0 Å². The summed E-state index contributed by atoms with van der Waals surface area (Å²) in [5, 5.41) is 339. The van der Waals surface area contributed by atoms with Gasteiger partial charge >= 0.3 is 0 Å². The Bertz CT molecular complexity index is 3760. The number of rotatable bonds is 35. The molecule has 0 aromatic rings. The van der Waals surface area contributed by atoms with Gasteiger partial charge in [0.05, 0.1) is 72.2 Å². The number of carbonyl (C=O) groups excluding carboxylic acids is 5.